The molecule has 1 saturated carbocycles. The van der Waals surface area contributed by atoms with Crippen molar-refractivity contribution in [3.8, 4) is 17.6 Å². The number of rotatable bonds is 14. The highest BCUT2D eigenvalue weighted by molar-refractivity contribution is 7.98. The number of ether oxygens (including phenoxy) is 2. The zero-order valence-corrected chi connectivity index (χ0v) is 37.4. The molecular formula is C45H50F4N10O6S. The van der Waals surface area contributed by atoms with Crippen LogP contribution in [0.3, 0.4) is 0 Å². The Kier molecular flexibility index (Phi) is 13.6. The number of benzene rings is 3. The Morgan fingerprint density at radius 3 is 2.61 bits per heavy atom. The lowest BCUT2D eigenvalue weighted by Crippen LogP contribution is -2.53. The number of hydrogen-bond donors (Lipinski definition) is 3. The maximum atomic E-state index is 16.2. The summed E-state index contributed by atoms with van der Waals surface area (Å²) in [5, 5.41) is 26.1. The van der Waals surface area contributed by atoms with Gasteiger partial charge >= 0.3 is 6.03 Å². The number of likely N-dealkylation sites (tertiary alicyclic amines) is 1. The summed E-state index contributed by atoms with van der Waals surface area (Å²) < 4.78 is 83.3. The quantitative estimate of drug-likeness (QED) is 0.0590. The average Bonchev–Trinajstić information content (AvgIpc) is 3.84. The standard InChI is InChI=1S/C45H50F4N10O6S/c1-4-14-58(43(63)52-26-61)41-32-19-36(47)30(20-39(32)56(3)53-41)34-11-15-57(24-45(34,48)49)27-9-12-44(13-10-27)21-28(23-64-44)59-25-51-37-7-5-29(18-31(37)42(59)62)65-40-33(22-50)38(8-6-35(40)46)54-66-55(2)16-17-60/h5-8,18-20,25-28,34,54,60H,4,9-17,21,23-24H2,1-3H3,(H,52,61,63)/t27?,28?,34-,44?/m0/s1. The molecule has 5 aromatic rings. The van der Waals surface area contributed by atoms with E-state index in [0.717, 1.165) is 24.3 Å². The molecule has 3 fully saturated rings. The van der Waals surface area contributed by atoms with Crippen molar-refractivity contribution in [1.29, 1.82) is 5.26 Å². The molecule has 0 radical (unpaired) electrons. The minimum atomic E-state index is -3.25. The lowest BCUT2D eigenvalue weighted by molar-refractivity contribution is -0.108. The third-order valence-corrected chi connectivity index (χ3v) is 13.8. The number of aryl methyl sites for hydroxylation is 1. The van der Waals surface area contributed by atoms with Gasteiger partial charge in [0.15, 0.2) is 17.4 Å². The maximum Gasteiger partial charge on any atom is 0.329 e. The number of piperidine rings is 1. The molecule has 4 heterocycles. The van der Waals surface area contributed by atoms with Crippen molar-refractivity contribution < 1.29 is 41.7 Å². The van der Waals surface area contributed by atoms with Gasteiger partial charge in [-0.3, -0.25) is 34.0 Å². The van der Waals surface area contributed by atoms with Crippen molar-refractivity contribution in [1.82, 2.24) is 33.9 Å². The number of nitriles is 1. The van der Waals surface area contributed by atoms with E-state index in [1.807, 2.05) is 13.0 Å². The predicted molar refractivity (Wildman–Crippen MR) is 239 cm³/mol. The fourth-order valence-electron chi connectivity index (χ4n) is 9.62. The molecule has 21 heteroatoms. The first-order valence-electron chi connectivity index (χ1n) is 21.8. The SMILES string of the molecule is CCCN(C(=O)NC=O)c1nn(C)c2cc([C@@H]3CCN(C4CCC5(CC4)CC(n4cnc6ccc(Oc7c(F)ccc(NSN(C)CCO)c7C#N)cc6c4=O)CO5)CC3(F)F)c(F)cc12. The summed E-state index contributed by atoms with van der Waals surface area (Å²) in [6, 6.07) is 10.5. The Labute approximate surface area is 381 Å². The van der Waals surface area contributed by atoms with Crippen LogP contribution in [0.1, 0.15) is 75.0 Å². The highest BCUT2D eigenvalue weighted by atomic mass is 32.2. The summed E-state index contributed by atoms with van der Waals surface area (Å²) in [7, 11) is 3.32. The monoisotopic (exact) mass is 934 g/mol. The van der Waals surface area contributed by atoms with Crippen LogP contribution in [0.2, 0.25) is 0 Å². The van der Waals surface area contributed by atoms with Crippen molar-refractivity contribution in [2.75, 3.05) is 56.1 Å². The summed E-state index contributed by atoms with van der Waals surface area (Å²) in [5.74, 6) is -6.31. The van der Waals surface area contributed by atoms with Gasteiger partial charge in [0, 0.05) is 43.7 Å². The van der Waals surface area contributed by atoms with E-state index in [0.29, 0.717) is 68.3 Å². The van der Waals surface area contributed by atoms with E-state index in [9.17, 15) is 24.8 Å². The number of aliphatic hydroxyl groups excluding tert-OH is 1. The second kappa shape index (κ2) is 19.2. The van der Waals surface area contributed by atoms with Crippen molar-refractivity contribution >= 4 is 57.9 Å². The minimum Gasteiger partial charge on any atom is -0.453 e. The van der Waals surface area contributed by atoms with E-state index < -0.39 is 41.7 Å². The molecule has 350 valence electrons. The van der Waals surface area contributed by atoms with Gasteiger partial charge in [-0.1, -0.05) is 6.92 Å². The first-order chi connectivity index (χ1) is 31.7. The number of nitrogens with zero attached hydrogens (tertiary/aromatic N) is 8. The van der Waals surface area contributed by atoms with Gasteiger partial charge < -0.3 is 19.3 Å². The van der Waals surface area contributed by atoms with E-state index in [4.69, 9.17) is 9.47 Å². The van der Waals surface area contributed by atoms with Crippen molar-refractivity contribution in [2.45, 2.75) is 81.4 Å². The molecule has 2 saturated heterocycles. The van der Waals surface area contributed by atoms with E-state index >= 15 is 17.6 Å². The van der Waals surface area contributed by atoms with Crippen molar-refractivity contribution in [3.05, 3.63) is 81.9 Å². The van der Waals surface area contributed by atoms with Gasteiger partial charge in [0.05, 0.1) is 65.8 Å². The molecule has 1 aliphatic carbocycles. The molecule has 2 aromatic heterocycles. The average molecular weight is 935 g/mol. The van der Waals surface area contributed by atoms with Crippen LogP contribution in [-0.4, -0.2) is 110 Å². The number of hydrogen-bond acceptors (Lipinski definition) is 13. The van der Waals surface area contributed by atoms with Gasteiger partial charge in [0.1, 0.15) is 23.2 Å². The maximum absolute atomic E-state index is 16.2. The third kappa shape index (κ3) is 9.16. The number of carbonyl (C=O) groups is 2. The topological polar surface area (TPSA) is 183 Å². The van der Waals surface area contributed by atoms with E-state index in [1.165, 1.54) is 44.7 Å². The molecule has 16 nitrogen and oxygen atoms in total. The lowest BCUT2D eigenvalue weighted by Gasteiger charge is -2.46. The largest absolute Gasteiger partial charge is 0.453 e. The number of imide groups is 1. The number of amides is 3. The van der Waals surface area contributed by atoms with E-state index in [1.54, 1.807) is 29.4 Å². The number of halogens is 4. The molecule has 3 amide bonds. The number of carbonyl (C=O) groups excluding carboxylic acids is 2. The van der Waals surface area contributed by atoms with Crippen LogP contribution in [0, 0.1) is 23.0 Å². The van der Waals surface area contributed by atoms with Gasteiger partial charge in [-0.25, -0.2) is 31.6 Å². The number of urea groups is 1. The summed E-state index contributed by atoms with van der Waals surface area (Å²) in [6.45, 7) is 2.34. The van der Waals surface area contributed by atoms with Crippen LogP contribution in [0.4, 0.5) is 33.9 Å². The Bertz CT molecular complexity index is 2740. The van der Waals surface area contributed by atoms with E-state index in [-0.39, 0.29) is 89.4 Å². The van der Waals surface area contributed by atoms with Crippen LogP contribution in [-0.2, 0) is 16.6 Å². The first kappa shape index (κ1) is 46.7. The number of nitrogens with one attached hydrogen (secondary N) is 2. The Morgan fingerprint density at radius 2 is 1.89 bits per heavy atom. The summed E-state index contributed by atoms with van der Waals surface area (Å²) >= 11 is 1.11. The third-order valence-electron chi connectivity index (χ3n) is 13.0. The number of anilines is 2. The molecule has 3 N–H and O–H groups in total. The number of aliphatic hydroxyl groups is 1. The molecule has 1 unspecified atom stereocenters. The van der Waals surface area contributed by atoms with Gasteiger partial charge in [0.2, 0.25) is 6.41 Å². The smallest absolute Gasteiger partial charge is 0.329 e. The first-order valence-corrected chi connectivity index (χ1v) is 22.6. The summed E-state index contributed by atoms with van der Waals surface area (Å²) in [6.07, 6.45) is 5.17. The molecule has 1 spiro atoms. The molecule has 8 rings (SSSR count). The number of alkyl halides is 2. The normalized spacial score (nSPS) is 21.9. The zero-order chi connectivity index (χ0) is 46.9. The predicted octanol–water partition coefficient (Wildman–Crippen LogP) is 6.97. The van der Waals surface area contributed by atoms with Crippen LogP contribution in [0.25, 0.3) is 21.8 Å². The molecular weight excluding hydrogens is 885 g/mol. The number of fused-ring (bicyclic) bond motifs is 2. The Balaban J connectivity index is 0.919. The fourth-order valence-corrected chi connectivity index (χ4v) is 10.2. The van der Waals surface area contributed by atoms with Gasteiger partial charge in [-0.2, -0.15) is 10.4 Å². The summed E-state index contributed by atoms with van der Waals surface area (Å²) in [4.78, 5) is 45.2. The molecule has 2 atom stereocenters. The highest BCUT2D eigenvalue weighted by Crippen LogP contribution is 2.48. The second-order valence-electron chi connectivity index (χ2n) is 17.1. The van der Waals surface area contributed by atoms with E-state index in [2.05, 4.69) is 20.1 Å². The van der Waals surface area contributed by atoms with Gasteiger partial charge in [-0.15, -0.1) is 0 Å². The molecule has 3 aliphatic rings. The van der Waals surface area contributed by atoms with Crippen LogP contribution < -0.4 is 25.2 Å². The molecule has 3 aromatic carbocycles. The lowest BCUT2D eigenvalue weighted by atomic mass is 9.78. The Morgan fingerprint density at radius 1 is 1.11 bits per heavy atom. The fraction of sp³-hybridized carbons (Fsp3) is 0.467. The van der Waals surface area contributed by atoms with Crippen LogP contribution in [0.5, 0.6) is 11.5 Å². The van der Waals surface area contributed by atoms with Gasteiger partial charge in [-0.05, 0) is 107 Å². The number of aromatic nitrogens is 4. The minimum absolute atomic E-state index is 0.0236. The molecule has 2 aliphatic heterocycles. The summed E-state index contributed by atoms with van der Waals surface area (Å²) in [5.41, 5.74) is -0.0431. The van der Waals surface area contributed by atoms with Crippen LogP contribution in [0.15, 0.2) is 53.6 Å². The van der Waals surface area contributed by atoms with Crippen molar-refractivity contribution in [3.63, 3.8) is 0 Å². The molecule has 66 heavy (non-hydrogen) atoms. The zero-order valence-electron chi connectivity index (χ0n) is 36.6. The highest BCUT2D eigenvalue weighted by Gasteiger charge is 2.50. The second-order valence-corrected chi connectivity index (χ2v) is 18.1. The number of likely N-dealkylation sites (N-methyl/N-ethyl adjacent to an activating group) is 1. The van der Waals surface area contributed by atoms with Crippen molar-refractivity contribution in [2.24, 2.45) is 7.05 Å². The van der Waals surface area contributed by atoms with Gasteiger partial charge in [0.25, 0.3) is 11.5 Å². The van der Waals surface area contributed by atoms with Crippen LogP contribution >= 0.6 is 12.1 Å². The molecule has 0 bridgehead atoms. The Hall–Kier alpha value is -5.79.